The second kappa shape index (κ2) is 13.6. The summed E-state index contributed by atoms with van der Waals surface area (Å²) in [5.74, 6) is 1.77. The molecule has 2 aromatic heterocycles. The molecule has 0 saturated heterocycles. The van der Waals surface area contributed by atoms with Gasteiger partial charge in [-0.25, -0.2) is 9.97 Å². The van der Waals surface area contributed by atoms with E-state index in [-0.39, 0.29) is 23.3 Å². The second-order valence-corrected chi connectivity index (χ2v) is 13.3. The molecule has 0 bridgehead atoms. The van der Waals surface area contributed by atoms with Crippen LogP contribution in [-0.2, 0) is 9.59 Å². The van der Waals surface area contributed by atoms with Crippen LogP contribution in [0.15, 0.2) is 63.3 Å². The molecule has 0 aliphatic carbocycles. The number of fused-ring (bicyclic) bond motifs is 2. The van der Waals surface area contributed by atoms with Gasteiger partial charge in [0, 0.05) is 11.4 Å². The Morgan fingerprint density at radius 2 is 1.29 bits per heavy atom. The van der Waals surface area contributed by atoms with Crippen molar-refractivity contribution in [3.63, 3.8) is 0 Å². The minimum atomic E-state index is -0.149. The molecule has 0 fully saturated rings. The van der Waals surface area contributed by atoms with Gasteiger partial charge in [-0.15, -0.1) is 22.7 Å². The van der Waals surface area contributed by atoms with E-state index in [1.54, 1.807) is 6.07 Å². The average Bonchev–Trinajstić information content (AvgIpc) is 3.56. The molecule has 2 N–H and O–H groups in total. The number of hydrogen-bond acceptors (Lipinski definition) is 10. The zero-order chi connectivity index (χ0) is 28.8. The van der Waals surface area contributed by atoms with E-state index in [4.69, 9.17) is 9.47 Å². The lowest BCUT2D eigenvalue weighted by atomic mass is 10.2. The Morgan fingerprint density at radius 1 is 0.756 bits per heavy atom. The lowest BCUT2D eigenvalue weighted by Crippen LogP contribution is -2.16. The van der Waals surface area contributed by atoms with Crippen molar-refractivity contribution in [1.29, 1.82) is 0 Å². The molecule has 5 rings (SSSR count). The molecule has 12 heteroatoms. The number of amides is 2. The molecule has 41 heavy (non-hydrogen) atoms. The van der Waals surface area contributed by atoms with Crippen LogP contribution < -0.4 is 20.1 Å². The number of aromatic nitrogens is 2. The van der Waals surface area contributed by atoms with Crippen LogP contribution in [0.5, 0.6) is 11.5 Å². The van der Waals surface area contributed by atoms with E-state index in [1.807, 2.05) is 69.3 Å². The first-order valence-electron chi connectivity index (χ1n) is 12.9. The first-order chi connectivity index (χ1) is 19.9. The van der Waals surface area contributed by atoms with Crippen molar-refractivity contribution in [2.24, 2.45) is 0 Å². The number of anilines is 2. The van der Waals surface area contributed by atoms with Gasteiger partial charge in [-0.3, -0.25) is 9.59 Å². The van der Waals surface area contributed by atoms with Gasteiger partial charge in [-0.2, -0.15) is 0 Å². The summed E-state index contributed by atoms with van der Waals surface area (Å²) in [4.78, 5) is 34.6. The fraction of sp³-hybridized carbons (Fsp3) is 0.241. The Hall–Kier alpha value is -3.32. The van der Waals surface area contributed by atoms with Crippen LogP contribution in [0.25, 0.3) is 20.4 Å². The third-order valence-electron chi connectivity index (χ3n) is 5.75. The molecule has 0 aliphatic rings. The van der Waals surface area contributed by atoms with E-state index in [9.17, 15) is 9.59 Å². The molecule has 3 aromatic carbocycles. The largest absolute Gasteiger partial charge is 0.494 e. The Kier molecular flexibility index (Phi) is 9.65. The van der Waals surface area contributed by atoms with Gasteiger partial charge in [0.15, 0.2) is 8.68 Å². The van der Waals surface area contributed by atoms with Crippen LogP contribution in [0.4, 0.5) is 11.4 Å². The fourth-order valence-corrected chi connectivity index (χ4v) is 7.67. The highest BCUT2D eigenvalue weighted by atomic mass is 32.2. The summed E-state index contributed by atoms with van der Waals surface area (Å²) < 4.78 is 14.8. The number of ether oxygens (including phenoxy) is 2. The van der Waals surface area contributed by atoms with Crippen LogP contribution in [0.2, 0.25) is 0 Å². The van der Waals surface area contributed by atoms with Gasteiger partial charge < -0.3 is 20.1 Å². The van der Waals surface area contributed by atoms with Crippen molar-refractivity contribution in [3.8, 4) is 11.5 Å². The molecule has 2 amide bonds. The van der Waals surface area contributed by atoms with E-state index >= 15 is 0 Å². The first kappa shape index (κ1) is 29.2. The Bertz CT molecular complexity index is 1700. The van der Waals surface area contributed by atoms with E-state index in [0.29, 0.717) is 24.6 Å². The third-order valence-corrected chi connectivity index (χ3v) is 10.1. The van der Waals surface area contributed by atoms with Crippen molar-refractivity contribution in [3.05, 3.63) is 60.2 Å². The van der Waals surface area contributed by atoms with E-state index in [2.05, 4.69) is 20.6 Å². The number of carbonyl (C=O) groups is 2. The van der Waals surface area contributed by atoms with Gasteiger partial charge in [-0.05, 0) is 74.9 Å². The van der Waals surface area contributed by atoms with Gasteiger partial charge in [0.05, 0.1) is 45.2 Å². The highest BCUT2D eigenvalue weighted by molar-refractivity contribution is 8.02. The van der Waals surface area contributed by atoms with Gasteiger partial charge in [0.25, 0.3) is 0 Å². The molecule has 212 valence electrons. The molecular weight excluding hydrogens is 597 g/mol. The van der Waals surface area contributed by atoms with Crippen LogP contribution in [-0.4, -0.2) is 46.5 Å². The highest BCUT2D eigenvalue weighted by Gasteiger charge is 2.13. The Morgan fingerprint density at radius 3 is 1.83 bits per heavy atom. The van der Waals surface area contributed by atoms with Crippen molar-refractivity contribution in [1.82, 2.24) is 9.97 Å². The van der Waals surface area contributed by atoms with E-state index in [1.165, 1.54) is 46.2 Å². The van der Waals surface area contributed by atoms with E-state index < -0.39 is 0 Å². The molecule has 0 saturated carbocycles. The quantitative estimate of drug-likeness (QED) is 0.138. The summed E-state index contributed by atoms with van der Waals surface area (Å²) >= 11 is 5.86. The number of carbonyl (C=O) groups excluding carboxylic acids is 2. The SMILES string of the molecule is CCOc1ccc2nc(SCC(=O)Nc3ccc(C)c(NC(=O)CSc4nc5ccc(OCC)cc5s4)c3)sc2c1. The van der Waals surface area contributed by atoms with Crippen molar-refractivity contribution < 1.29 is 19.1 Å². The third kappa shape index (κ3) is 7.70. The van der Waals surface area contributed by atoms with Crippen LogP contribution in [0.1, 0.15) is 19.4 Å². The molecule has 5 aromatic rings. The summed E-state index contributed by atoms with van der Waals surface area (Å²) in [5, 5.41) is 5.88. The first-order valence-corrected chi connectivity index (χ1v) is 16.5. The number of thioether (sulfide) groups is 2. The minimum absolute atomic E-state index is 0.144. The zero-order valence-corrected chi connectivity index (χ0v) is 26.0. The molecule has 2 heterocycles. The number of rotatable bonds is 12. The second-order valence-electron chi connectivity index (χ2n) is 8.79. The molecule has 0 atom stereocenters. The molecule has 8 nitrogen and oxygen atoms in total. The number of nitrogens with one attached hydrogen (secondary N) is 2. The maximum Gasteiger partial charge on any atom is 0.234 e. The van der Waals surface area contributed by atoms with Crippen molar-refractivity contribution >= 4 is 89.8 Å². The standard InChI is InChI=1S/C29H28N4O4S4/c1-4-36-19-8-10-21-24(13-19)40-28(32-21)38-15-26(34)30-18-7-6-17(3)23(12-18)31-27(35)16-39-29-33-22-11-9-20(37-5-2)14-25(22)41-29/h6-14H,4-5,15-16H2,1-3H3,(H,30,34)(H,31,35). The Balaban J connectivity index is 1.13. The summed E-state index contributed by atoms with van der Waals surface area (Å²) in [7, 11) is 0. The molecule has 0 radical (unpaired) electrons. The lowest BCUT2D eigenvalue weighted by molar-refractivity contribution is -0.114. The minimum Gasteiger partial charge on any atom is -0.494 e. The molecule has 0 unspecified atom stereocenters. The average molecular weight is 625 g/mol. The summed E-state index contributed by atoms with van der Waals surface area (Å²) in [6.07, 6.45) is 0. The van der Waals surface area contributed by atoms with Gasteiger partial charge in [0.2, 0.25) is 11.8 Å². The smallest absolute Gasteiger partial charge is 0.234 e. The van der Waals surface area contributed by atoms with Crippen molar-refractivity contribution in [2.45, 2.75) is 29.5 Å². The summed E-state index contributed by atoms with van der Waals surface area (Å²) in [6.45, 7) is 7.03. The van der Waals surface area contributed by atoms with Gasteiger partial charge >= 0.3 is 0 Å². The highest BCUT2D eigenvalue weighted by Crippen LogP contribution is 2.33. The van der Waals surface area contributed by atoms with Crippen LogP contribution in [0, 0.1) is 6.92 Å². The number of benzene rings is 3. The topological polar surface area (TPSA) is 102 Å². The summed E-state index contributed by atoms with van der Waals surface area (Å²) in [6, 6.07) is 17.1. The van der Waals surface area contributed by atoms with Gasteiger partial charge in [0.1, 0.15) is 11.5 Å². The zero-order valence-electron chi connectivity index (χ0n) is 22.7. The lowest BCUT2D eigenvalue weighted by Gasteiger charge is -2.11. The number of nitrogens with zero attached hydrogens (tertiary/aromatic N) is 2. The molecule has 0 spiro atoms. The predicted octanol–water partition coefficient (Wildman–Crippen LogP) is 7.47. The predicted molar refractivity (Wildman–Crippen MR) is 171 cm³/mol. The number of thiazole rings is 2. The van der Waals surface area contributed by atoms with E-state index in [0.717, 1.165) is 46.2 Å². The molecular formula is C29H28N4O4S4. The van der Waals surface area contributed by atoms with Gasteiger partial charge in [-0.1, -0.05) is 29.6 Å². The van der Waals surface area contributed by atoms with Crippen LogP contribution >= 0.6 is 46.2 Å². The fourth-order valence-electron chi connectivity index (χ4n) is 3.88. The number of aryl methyl sites for hydroxylation is 1. The maximum atomic E-state index is 12.7. The summed E-state index contributed by atoms with van der Waals surface area (Å²) in [5.41, 5.74) is 3.95. The van der Waals surface area contributed by atoms with Crippen molar-refractivity contribution in [2.75, 3.05) is 35.4 Å². The Labute approximate surface area is 254 Å². The maximum absolute atomic E-state index is 12.7. The monoisotopic (exact) mass is 624 g/mol. The normalized spacial score (nSPS) is 11.1. The molecule has 0 aliphatic heterocycles. The van der Waals surface area contributed by atoms with Crippen LogP contribution in [0.3, 0.4) is 0 Å². The number of hydrogen-bond donors (Lipinski definition) is 2.